The molecule has 0 spiro atoms. The molecule has 5 rings (SSSR count). The lowest BCUT2D eigenvalue weighted by Crippen LogP contribution is -2.47. The molecule has 4 aromatic rings. The van der Waals surface area contributed by atoms with Crippen molar-refractivity contribution in [1.29, 1.82) is 0 Å². The number of carbonyl (C=O) groups is 3. The zero-order valence-electron chi connectivity index (χ0n) is 31.5. The molecular weight excluding hydrogens is 755 g/mol. The largest absolute Gasteiger partial charge is 0.496 e. The van der Waals surface area contributed by atoms with Gasteiger partial charge >= 0.3 is 0 Å². The number of aryl methyl sites for hydroxylation is 1. The number of anilines is 3. The molecule has 1 aliphatic rings. The van der Waals surface area contributed by atoms with Crippen molar-refractivity contribution in [3.8, 4) is 11.5 Å². The van der Waals surface area contributed by atoms with Crippen LogP contribution in [0.25, 0.3) is 11.0 Å². The second-order valence-electron chi connectivity index (χ2n) is 12.9. The van der Waals surface area contributed by atoms with E-state index in [1.807, 2.05) is 49.2 Å². The number of benzene rings is 3. The molecule has 3 amide bonds. The SMILES string of the molecule is CNCCNc1nc2c(NC(=O)c3ccc(C(=O)N(C)c4ccc(C)cc4OCCCCCC(=O)N4CCN(C)CC4)cc3OC)cccc2[nH]1.Cl.Cl.Cl. The van der Waals surface area contributed by atoms with Crippen molar-refractivity contribution in [2.45, 2.75) is 32.6 Å². The van der Waals surface area contributed by atoms with E-state index in [4.69, 9.17) is 9.47 Å². The van der Waals surface area contributed by atoms with Crippen LogP contribution < -0.4 is 30.3 Å². The Kier molecular flexibility index (Phi) is 18.9. The first kappa shape index (κ1) is 45.9. The van der Waals surface area contributed by atoms with Gasteiger partial charge in [0.15, 0.2) is 0 Å². The lowest BCUT2D eigenvalue weighted by atomic mass is 10.1. The van der Waals surface area contributed by atoms with Crippen LogP contribution in [0, 0.1) is 6.92 Å². The van der Waals surface area contributed by atoms with E-state index in [0.29, 0.717) is 53.7 Å². The van der Waals surface area contributed by atoms with E-state index in [2.05, 4.69) is 37.9 Å². The molecule has 16 heteroatoms. The molecule has 13 nitrogen and oxygen atoms in total. The van der Waals surface area contributed by atoms with Gasteiger partial charge in [-0.2, -0.15) is 0 Å². The van der Waals surface area contributed by atoms with Gasteiger partial charge in [-0.05, 0) is 88.3 Å². The van der Waals surface area contributed by atoms with E-state index in [-0.39, 0.29) is 60.3 Å². The molecule has 2 heterocycles. The van der Waals surface area contributed by atoms with Crippen LogP contribution in [-0.2, 0) is 4.79 Å². The predicted octanol–water partition coefficient (Wildman–Crippen LogP) is 6.02. The van der Waals surface area contributed by atoms with Gasteiger partial charge in [0.1, 0.15) is 17.0 Å². The number of hydrogen-bond donors (Lipinski definition) is 4. The minimum absolute atomic E-state index is 0. The number of nitrogens with zero attached hydrogens (tertiary/aromatic N) is 4. The average Bonchev–Trinajstić information content (AvgIpc) is 3.56. The summed E-state index contributed by atoms with van der Waals surface area (Å²) in [5.41, 5.74) is 4.22. The number of methoxy groups -OCH3 is 1. The summed E-state index contributed by atoms with van der Waals surface area (Å²) in [5.74, 6) is 1.04. The van der Waals surface area contributed by atoms with Crippen LogP contribution in [0.5, 0.6) is 11.5 Å². The van der Waals surface area contributed by atoms with Gasteiger partial charge in [-0.15, -0.1) is 37.2 Å². The number of para-hydroxylation sites is 1. The number of nitrogens with one attached hydrogen (secondary N) is 4. The zero-order chi connectivity index (χ0) is 36.3. The van der Waals surface area contributed by atoms with Crippen LogP contribution in [0.2, 0.25) is 0 Å². The van der Waals surface area contributed by atoms with E-state index in [1.54, 1.807) is 36.2 Å². The van der Waals surface area contributed by atoms with Gasteiger partial charge in [0.2, 0.25) is 11.9 Å². The standard InChI is InChI=1S/C38H50N8O5.3ClH/c1-26-13-16-31(33(24-26)51-23-8-6-7-12-34(47)46-21-19-44(3)20-22-46)45(4)37(49)27-14-15-28(32(25-27)50-5)36(48)41-29-10-9-11-30-35(29)43-38(42-30)40-18-17-39-2;;;/h9-11,13-16,24-25,39H,6-8,12,17-23H2,1-5H3,(H,41,48)(H2,40,42,43);3*1H. The minimum Gasteiger partial charge on any atom is -0.496 e. The predicted molar refractivity (Wildman–Crippen MR) is 223 cm³/mol. The summed E-state index contributed by atoms with van der Waals surface area (Å²) in [6, 6.07) is 16.0. The number of imidazole rings is 1. The van der Waals surface area contributed by atoms with Crippen molar-refractivity contribution in [1.82, 2.24) is 25.1 Å². The normalized spacial score (nSPS) is 12.5. The van der Waals surface area contributed by atoms with Gasteiger partial charge in [-0.3, -0.25) is 14.4 Å². The third kappa shape index (κ3) is 11.9. The van der Waals surface area contributed by atoms with E-state index in [9.17, 15) is 14.4 Å². The number of rotatable bonds is 16. The number of carbonyl (C=O) groups excluding carboxylic acids is 3. The molecule has 0 saturated carbocycles. The molecule has 1 aliphatic heterocycles. The maximum absolute atomic E-state index is 13.7. The van der Waals surface area contributed by atoms with Crippen molar-refractivity contribution in [2.75, 3.05) is 89.7 Å². The summed E-state index contributed by atoms with van der Waals surface area (Å²) in [6.07, 6.45) is 3.04. The molecule has 54 heavy (non-hydrogen) atoms. The highest BCUT2D eigenvalue weighted by molar-refractivity contribution is 6.11. The number of piperazine rings is 1. The van der Waals surface area contributed by atoms with Crippen molar-refractivity contribution in [3.63, 3.8) is 0 Å². The van der Waals surface area contributed by atoms with Crippen molar-refractivity contribution in [2.24, 2.45) is 0 Å². The molecule has 1 saturated heterocycles. The van der Waals surface area contributed by atoms with Crippen LogP contribution in [0.3, 0.4) is 0 Å². The maximum Gasteiger partial charge on any atom is 0.259 e. The van der Waals surface area contributed by atoms with Crippen molar-refractivity contribution >= 4 is 83.3 Å². The van der Waals surface area contributed by atoms with Crippen LogP contribution in [0.4, 0.5) is 17.3 Å². The van der Waals surface area contributed by atoms with Crippen molar-refractivity contribution < 1.29 is 23.9 Å². The molecule has 0 aliphatic carbocycles. The smallest absolute Gasteiger partial charge is 0.259 e. The summed E-state index contributed by atoms with van der Waals surface area (Å²) in [5, 5.41) is 9.25. The Labute approximate surface area is 336 Å². The fourth-order valence-electron chi connectivity index (χ4n) is 5.99. The number of halogens is 3. The summed E-state index contributed by atoms with van der Waals surface area (Å²) in [7, 11) is 7.13. The maximum atomic E-state index is 13.7. The van der Waals surface area contributed by atoms with Crippen LogP contribution in [0.1, 0.15) is 52.0 Å². The number of ether oxygens (including phenoxy) is 2. The molecule has 296 valence electrons. The Morgan fingerprint density at radius 2 is 1.69 bits per heavy atom. The van der Waals surface area contributed by atoms with Crippen LogP contribution in [0.15, 0.2) is 54.6 Å². The topological polar surface area (TPSA) is 144 Å². The zero-order valence-corrected chi connectivity index (χ0v) is 34.0. The highest BCUT2D eigenvalue weighted by Gasteiger charge is 2.22. The number of aromatic nitrogens is 2. The highest BCUT2D eigenvalue weighted by Crippen LogP contribution is 2.32. The summed E-state index contributed by atoms with van der Waals surface area (Å²) >= 11 is 0. The van der Waals surface area contributed by atoms with Crippen LogP contribution >= 0.6 is 37.2 Å². The molecule has 1 fully saturated rings. The monoisotopic (exact) mass is 806 g/mol. The molecule has 0 unspecified atom stereocenters. The quantitative estimate of drug-likeness (QED) is 0.100. The Morgan fingerprint density at radius 3 is 2.41 bits per heavy atom. The fourth-order valence-corrected chi connectivity index (χ4v) is 5.99. The molecular formula is C38H53Cl3N8O5. The number of likely N-dealkylation sites (N-methyl/N-ethyl adjacent to an activating group) is 2. The first-order valence-corrected chi connectivity index (χ1v) is 17.5. The highest BCUT2D eigenvalue weighted by atomic mass is 35.5. The van der Waals surface area contributed by atoms with Gasteiger partial charge in [-0.25, -0.2) is 4.98 Å². The average molecular weight is 808 g/mol. The molecule has 0 radical (unpaired) electrons. The van der Waals surface area contributed by atoms with Gasteiger partial charge in [-0.1, -0.05) is 12.1 Å². The van der Waals surface area contributed by atoms with E-state index in [1.165, 1.54) is 7.11 Å². The molecule has 3 aromatic carbocycles. The summed E-state index contributed by atoms with van der Waals surface area (Å²) in [6.45, 7) is 7.36. The first-order chi connectivity index (χ1) is 24.7. The second kappa shape index (κ2) is 22.2. The molecule has 4 N–H and O–H groups in total. The Morgan fingerprint density at radius 1 is 0.926 bits per heavy atom. The molecule has 0 bridgehead atoms. The lowest BCUT2D eigenvalue weighted by Gasteiger charge is -2.32. The third-order valence-electron chi connectivity index (χ3n) is 9.05. The van der Waals surface area contributed by atoms with Gasteiger partial charge in [0, 0.05) is 58.3 Å². The van der Waals surface area contributed by atoms with Crippen molar-refractivity contribution in [3.05, 3.63) is 71.3 Å². The van der Waals surface area contributed by atoms with Gasteiger partial charge in [0.25, 0.3) is 11.8 Å². The second-order valence-corrected chi connectivity index (χ2v) is 12.9. The van der Waals surface area contributed by atoms with E-state index in [0.717, 1.165) is 63.1 Å². The minimum atomic E-state index is -0.391. The fraction of sp³-hybridized carbons (Fsp3) is 0.421. The van der Waals surface area contributed by atoms with Gasteiger partial charge < -0.3 is 45.1 Å². The molecule has 0 atom stereocenters. The lowest BCUT2D eigenvalue weighted by molar-refractivity contribution is -0.132. The molecule has 1 aromatic heterocycles. The van der Waals surface area contributed by atoms with Crippen LogP contribution in [-0.4, -0.2) is 112 Å². The first-order valence-electron chi connectivity index (χ1n) is 17.5. The Bertz CT molecular complexity index is 1830. The number of fused-ring (bicyclic) bond motifs is 1. The third-order valence-corrected chi connectivity index (χ3v) is 9.05. The van der Waals surface area contributed by atoms with E-state index >= 15 is 0 Å². The Hall–Kier alpha value is -4.27. The summed E-state index contributed by atoms with van der Waals surface area (Å²) < 4.78 is 11.8. The number of H-pyrrole nitrogens is 1. The van der Waals surface area contributed by atoms with Gasteiger partial charge in [0.05, 0.1) is 36.2 Å². The summed E-state index contributed by atoms with van der Waals surface area (Å²) in [4.78, 5) is 53.3. The number of aromatic amines is 1. The Balaban J connectivity index is 0.00000336. The van der Waals surface area contributed by atoms with E-state index < -0.39 is 5.91 Å². The number of amides is 3. The number of hydrogen-bond acceptors (Lipinski definition) is 9. The number of unbranched alkanes of at least 4 members (excludes halogenated alkanes) is 2.